The molecular weight excluding hydrogens is 270 g/mol. The first-order valence-electron chi connectivity index (χ1n) is 6.36. The molecule has 0 saturated heterocycles. The smallest absolute Gasteiger partial charge is 0.262 e. The number of benzene rings is 2. The Labute approximate surface area is 122 Å². The van der Waals surface area contributed by atoms with Crippen LogP contribution in [-0.2, 0) is 4.79 Å². The molecule has 2 aromatic carbocycles. The summed E-state index contributed by atoms with van der Waals surface area (Å²) in [5.74, 6) is -0.524. The van der Waals surface area contributed by atoms with Crippen LogP contribution >= 0.6 is 0 Å². The van der Waals surface area contributed by atoms with Crippen molar-refractivity contribution >= 4 is 17.9 Å². The SMILES string of the molecule is Cc1ccc(NC(=O)COc2cccc(C=O)c2O)cc1. The Balaban J connectivity index is 1.95. The van der Waals surface area contributed by atoms with Gasteiger partial charge in [0.2, 0.25) is 0 Å². The third-order valence-electron chi connectivity index (χ3n) is 2.85. The number of ether oxygens (including phenoxy) is 1. The van der Waals surface area contributed by atoms with Crippen molar-refractivity contribution < 1.29 is 19.4 Å². The van der Waals surface area contributed by atoms with Gasteiger partial charge in [0.25, 0.3) is 5.91 Å². The zero-order chi connectivity index (χ0) is 15.2. The first-order chi connectivity index (χ1) is 10.1. The highest BCUT2D eigenvalue weighted by Crippen LogP contribution is 2.28. The lowest BCUT2D eigenvalue weighted by atomic mass is 10.2. The first kappa shape index (κ1) is 14.6. The van der Waals surface area contributed by atoms with Crippen LogP contribution in [0.1, 0.15) is 15.9 Å². The summed E-state index contributed by atoms with van der Waals surface area (Å²) in [6.45, 7) is 1.70. The highest BCUT2D eigenvalue weighted by Gasteiger charge is 2.09. The minimum atomic E-state index is -0.352. The van der Waals surface area contributed by atoms with Crippen molar-refractivity contribution in [2.75, 3.05) is 11.9 Å². The molecule has 2 rings (SSSR count). The summed E-state index contributed by atoms with van der Waals surface area (Å²) in [7, 11) is 0. The van der Waals surface area contributed by atoms with Gasteiger partial charge in [0, 0.05) is 5.69 Å². The van der Waals surface area contributed by atoms with Crippen molar-refractivity contribution in [1.82, 2.24) is 0 Å². The molecule has 0 aliphatic rings. The van der Waals surface area contributed by atoms with Crippen molar-refractivity contribution in [2.45, 2.75) is 6.92 Å². The predicted molar refractivity (Wildman–Crippen MR) is 78.8 cm³/mol. The van der Waals surface area contributed by atoms with Crippen molar-refractivity contribution in [3.63, 3.8) is 0 Å². The zero-order valence-electron chi connectivity index (χ0n) is 11.5. The number of hydrogen-bond acceptors (Lipinski definition) is 4. The van der Waals surface area contributed by atoms with Crippen LogP contribution in [0.15, 0.2) is 42.5 Å². The minimum Gasteiger partial charge on any atom is -0.504 e. The number of anilines is 1. The first-order valence-corrected chi connectivity index (χ1v) is 6.36. The number of carbonyl (C=O) groups is 2. The summed E-state index contributed by atoms with van der Waals surface area (Å²) >= 11 is 0. The molecule has 5 heteroatoms. The van der Waals surface area contributed by atoms with Gasteiger partial charge < -0.3 is 15.2 Å². The summed E-state index contributed by atoms with van der Waals surface area (Å²) in [5, 5.41) is 12.4. The van der Waals surface area contributed by atoms with E-state index < -0.39 is 0 Å². The van der Waals surface area contributed by atoms with E-state index in [0.29, 0.717) is 12.0 Å². The fourth-order valence-electron chi connectivity index (χ4n) is 1.73. The lowest BCUT2D eigenvalue weighted by Crippen LogP contribution is -2.20. The Morgan fingerprint density at radius 1 is 1.24 bits per heavy atom. The summed E-state index contributed by atoms with van der Waals surface area (Å²) < 4.78 is 5.22. The molecule has 0 heterocycles. The maximum atomic E-state index is 11.7. The van der Waals surface area contributed by atoms with Crippen LogP contribution in [0.5, 0.6) is 11.5 Å². The average molecular weight is 285 g/mol. The molecule has 2 N–H and O–H groups in total. The van der Waals surface area contributed by atoms with Crippen molar-refractivity contribution in [2.24, 2.45) is 0 Å². The van der Waals surface area contributed by atoms with E-state index >= 15 is 0 Å². The zero-order valence-corrected chi connectivity index (χ0v) is 11.5. The molecule has 21 heavy (non-hydrogen) atoms. The van der Waals surface area contributed by atoms with Gasteiger partial charge in [0.15, 0.2) is 24.4 Å². The minimum absolute atomic E-state index is 0.0960. The number of phenolic OH excluding ortho intramolecular Hbond substituents is 1. The molecule has 108 valence electrons. The molecule has 0 fully saturated rings. The van der Waals surface area contributed by atoms with Crippen molar-refractivity contribution in [3.05, 3.63) is 53.6 Å². The number of aldehydes is 1. The van der Waals surface area contributed by atoms with E-state index in [2.05, 4.69) is 5.32 Å². The van der Waals surface area contributed by atoms with Gasteiger partial charge in [0.1, 0.15) is 0 Å². The summed E-state index contributed by atoms with van der Waals surface area (Å²) in [4.78, 5) is 22.4. The van der Waals surface area contributed by atoms with Gasteiger partial charge in [-0.2, -0.15) is 0 Å². The van der Waals surface area contributed by atoms with E-state index in [4.69, 9.17) is 4.74 Å². The van der Waals surface area contributed by atoms with Gasteiger partial charge in [-0.15, -0.1) is 0 Å². The standard InChI is InChI=1S/C16H15NO4/c1-11-5-7-13(8-6-11)17-15(19)10-21-14-4-2-3-12(9-18)16(14)20/h2-9,20H,10H2,1H3,(H,17,19). The number of aromatic hydroxyl groups is 1. The number of amides is 1. The number of nitrogens with one attached hydrogen (secondary N) is 1. The second-order valence-corrected chi connectivity index (χ2v) is 4.51. The molecule has 2 aromatic rings. The van der Waals surface area contributed by atoms with Gasteiger partial charge in [-0.3, -0.25) is 9.59 Å². The van der Waals surface area contributed by atoms with E-state index in [1.165, 1.54) is 12.1 Å². The summed E-state index contributed by atoms with van der Waals surface area (Å²) in [5.41, 5.74) is 1.88. The van der Waals surface area contributed by atoms with Crippen LogP contribution < -0.4 is 10.1 Å². The van der Waals surface area contributed by atoms with Crippen LogP contribution in [0.2, 0.25) is 0 Å². The molecule has 0 aliphatic carbocycles. The maximum Gasteiger partial charge on any atom is 0.262 e. The number of phenols is 1. The lowest BCUT2D eigenvalue weighted by Gasteiger charge is -2.09. The number of para-hydroxylation sites is 1. The average Bonchev–Trinajstić information content (AvgIpc) is 2.48. The highest BCUT2D eigenvalue weighted by molar-refractivity contribution is 5.92. The number of rotatable bonds is 5. The molecule has 0 aliphatic heterocycles. The van der Waals surface area contributed by atoms with E-state index in [9.17, 15) is 14.7 Å². The van der Waals surface area contributed by atoms with Gasteiger partial charge >= 0.3 is 0 Å². The molecule has 0 bridgehead atoms. The van der Waals surface area contributed by atoms with E-state index in [-0.39, 0.29) is 29.6 Å². The second kappa shape index (κ2) is 6.56. The summed E-state index contributed by atoms with van der Waals surface area (Å²) in [6.07, 6.45) is 0.522. The van der Waals surface area contributed by atoms with Gasteiger partial charge in [-0.05, 0) is 31.2 Å². The molecule has 0 radical (unpaired) electrons. The maximum absolute atomic E-state index is 11.7. The Bertz CT molecular complexity index is 650. The topological polar surface area (TPSA) is 75.6 Å². The molecule has 1 amide bonds. The molecule has 0 saturated carbocycles. The Kier molecular flexibility index (Phi) is 4.56. The molecule has 5 nitrogen and oxygen atoms in total. The monoisotopic (exact) mass is 285 g/mol. The van der Waals surface area contributed by atoms with Crippen LogP contribution in [0.25, 0.3) is 0 Å². The third kappa shape index (κ3) is 3.82. The number of aryl methyl sites for hydroxylation is 1. The van der Waals surface area contributed by atoms with Crippen LogP contribution in [0.3, 0.4) is 0 Å². The van der Waals surface area contributed by atoms with E-state index in [1.54, 1.807) is 18.2 Å². The van der Waals surface area contributed by atoms with Gasteiger partial charge in [0.05, 0.1) is 5.56 Å². The van der Waals surface area contributed by atoms with Gasteiger partial charge in [-0.25, -0.2) is 0 Å². The molecule has 0 atom stereocenters. The lowest BCUT2D eigenvalue weighted by molar-refractivity contribution is -0.118. The highest BCUT2D eigenvalue weighted by atomic mass is 16.5. The van der Waals surface area contributed by atoms with Crippen LogP contribution in [0.4, 0.5) is 5.69 Å². The molecule has 0 unspecified atom stereocenters. The predicted octanol–water partition coefficient (Wildman–Crippen LogP) is 2.53. The largest absolute Gasteiger partial charge is 0.504 e. The third-order valence-corrected chi connectivity index (χ3v) is 2.85. The Morgan fingerprint density at radius 2 is 1.95 bits per heavy atom. The molecule has 0 spiro atoms. The van der Waals surface area contributed by atoms with Crippen molar-refractivity contribution in [1.29, 1.82) is 0 Å². The van der Waals surface area contributed by atoms with E-state index in [1.807, 2.05) is 19.1 Å². The van der Waals surface area contributed by atoms with E-state index in [0.717, 1.165) is 5.56 Å². The van der Waals surface area contributed by atoms with Gasteiger partial charge in [-0.1, -0.05) is 23.8 Å². The van der Waals surface area contributed by atoms with Crippen LogP contribution in [-0.4, -0.2) is 23.9 Å². The second-order valence-electron chi connectivity index (χ2n) is 4.51. The van der Waals surface area contributed by atoms with Crippen molar-refractivity contribution in [3.8, 4) is 11.5 Å². The molecular formula is C16H15NO4. The number of hydrogen-bond donors (Lipinski definition) is 2. The fourth-order valence-corrected chi connectivity index (χ4v) is 1.73. The Morgan fingerprint density at radius 3 is 2.62 bits per heavy atom. The molecule has 0 aromatic heterocycles. The summed E-state index contributed by atoms with van der Waals surface area (Å²) in [6, 6.07) is 11.9. The fraction of sp³-hybridized carbons (Fsp3) is 0.125. The van der Waals surface area contributed by atoms with Crippen LogP contribution in [0, 0.1) is 6.92 Å². The quantitative estimate of drug-likeness (QED) is 0.828. The Hall–Kier alpha value is -2.82. The number of carbonyl (C=O) groups excluding carboxylic acids is 2. The normalized spacial score (nSPS) is 9.95.